The Hall–Kier alpha value is -1.98. The van der Waals surface area contributed by atoms with Gasteiger partial charge in [-0.05, 0) is 42.8 Å². The smallest absolute Gasteiger partial charge is 0.246 e. The third-order valence-electron chi connectivity index (χ3n) is 3.65. The first-order valence-electron chi connectivity index (χ1n) is 7.76. The summed E-state index contributed by atoms with van der Waals surface area (Å²) in [5.74, 6) is 1.43. The molecule has 1 aliphatic heterocycles. The SMILES string of the molecule is CCN(Cc1ccc(Cl)s1)C(=O)/C=C/c1ccc2c(c1)OCCO2. The summed E-state index contributed by atoms with van der Waals surface area (Å²) in [5, 5.41) is 0. The molecule has 2 heterocycles. The minimum Gasteiger partial charge on any atom is -0.486 e. The van der Waals surface area contributed by atoms with Gasteiger partial charge in [0.25, 0.3) is 0 Å². The molecule has 0 N–H and O–H groups in total. The van der Waals surface area contributed by atoms with Gasteiger partial charge in [0.05, 0.1) is 10.9 Å². The Morgan fingerprint density at radius 2 is 2.04 bits per heavy atom. The second-order valence-corrected chi connectivity index (χ2v) is 7.09. The van der Waals surface area contributed by atoms with Crippen LogP contribution >= 0.6 is 22.9 Å². The zero-order valence-electron chi connectivity index (χ0n) is 13.3. The van der Waals surface area contributed by atoms with Crippen LogP contribution in [0.25, 0.3) is 6.08 Å². The van der Waals surface area contributed by atoms with Crippen molar-refractivity contribution < 1.29 is 14.3 Å². The van der Waals surface area contributed by atoms with E-state index in [-0.39, 0.29) is 5.91 Å². The van der Waals surface area contributed by atoms with Gasteiger partial charge in [0.15, 0.2) is 11.5 Å². The highest BCUT2D eigenvalue weighted by Gasteiger charge is 2.12. The third-order valence-corrected chi connectivity index (χ3v) is 4.87. The molecule has 6 heteroatoms. The van der Waals surface area contributed by atoms with E-state index in [2.05, 4.69) is 0 Å². The fourth-order valence-electron chi connectivity index (χ4n) is 2.41. The fourth-order valence-corrected chi connectivity index (χ4v) is 3.51. The zero-order chi connectivity index (χ0) is 16.9. The molecule has 126 valence electrons. The van der Waals surface area contributed by atoms with Crippen molar-refractivity contribution in [1.82, 2.24) is 4.90 Å². The number of amides is 1. The molecular formula is C18H18ClNO3S. The number of hydrogen-bond donors (Lipinski definition) is 0. The summed E-state index contributed by atoms with van der Waals surface area (Å²) in [7, 11) is 0. The molecule has 0 saturated heterocycles. The van der Waals surface area contributed by atoms with Crippen LogP contribution in [0.2, 0.25) is 4.34 Å². The Kier molecular flexibility index (Phi) is 5.43. The van der Waals surface area contributed by atoms with E-state index in [0.717, 1.165) is 26.3 Å². The Morgan fingerprint density at radius 3 is 2.75 bits per heavy atom. The van der Waals surface area contributed by atoms with Gasteiger partial charge >= 0.3 is 0 Å². The van der Waals surface area contributed by atoms with Crippen molar-refractivity contribution in [3.63, 3.8) is 0 Å². The summed E-state index contributed by atoms with van der Waals surface area (Å²) in [4.78, 5) is 15.2. The van der Waals surface area contributed by atoms with E-state index in [0.29, 0.717) is 26.3 Å². The van der Waals surface area contributed by atoms with Crippen LogP contribution in [0, 0.1) is 0 Å². The van der Waals surface area contributed by atoms with Gasteiger partial charge in [-0.2, -0.15) is 0 Å². The molecule has 1 amide bonds. The van der Waals surface area contributed by atoms with Crippen molar-refractivity contribution in [3.8, 4) is 11.5 Å². The van der Waals surface area contributed by atoms with Crippen LogP contribution in [0.1, 0.15) is 17.4 Å². The topological polar surface area (TPSA) is 38.8 Å². The Bertz CT molecular complexity index is 756. The summed E-state index contributed by atoms with van der Waals surface area (Å²) < 4.78 is 11.8. The molecule has 1 aromatic heterocycles. The number of carbonyl (C=O) groups excluding carboxylic acids is 1. The zero-order valence-corrected chi connectivity index (χ0v) is 14.9. The fraction of sp³-hybridized carbons (Fsp3) is 0.278. The van der Waals surface area contributed by atoms with Crippen molar-refractivity contribution in [2.75, 3.05) is 19.8 Å². The average molecular weight is 364 g/mol. The maximum Gasteiger partial charge on any atom is 0.246 e. The number of rotatable bonds is 5. The molecule has 1 aliphatic rings. The predicted octanol–water partition coefficient (Wildman–Crippen LogP) is 4.23. The van der Waals surface area contributed by atoms with Crippen LogP contribution < -0.4 is 9.47 Å². The Morgan fingerprint density at radius 1 is 1.25 bits per heavy atom. The number of ether oxygens (including phenoxy) is 2. The highest BCUT2D eigenvalue weighted by Crippen LogP contribution is 2.31. The standard InChI is InChI=1S/C18H18ClNO3S/c1-2-20(12-14-5-7-17(19)24-14)18(21)8-4-13-3-6-15-16(11-13)23-10-9-22-15/h3-8,11H,2,9-10,12H2,1H3/b8-4+. The third kappa shape index (κ3) is 4.10. The van der Waals surface area contributed by atoms with Crippen molar-refractivity contribution in [2.45, 2.75) is 13.5 Å². The largest absolute Gasteiger partial charge is 0.486 e. The average Bonchev–Trinajstić information content (AvgIpc) is 3.02. The number of carbonyl (C=O) groups is 1. The molecule has 0 radical (unpaired) electrons. The minimum absolute atomic E-state index is 0.0306. The number of hydrogen-bond acceptors (Lipinski definition) is 4. The predicted molar refractivity (Wildman–Crippen MR) is 96.9 cm³/mol. The molecule has 0 aliphatic carbocycles. The molecular weight excluding hydrogens is 346 g/mol. The maximum absolute atomic E-state index is 12.4. The summed E-state index contributed by atoms with van der Waals surface area (Å²) in [6.45, 7) is 4.29. The lowest BCUT2D eigenvalue weighted by Gasteiger charge is -2.19. The van der Waals surface area contributed by atoms with E-state index in [1.807, 2.05) is 37.3 Å². The second-order valence-electron chi connectivity index (χ2n) is 5.29. The normalized spacial score (nSPS) is 13.2. The van der Waals surface area contributed by atoms with Crippen molar-refractivity contribution >= 4 is 34.9 Å². The number of likely N-dealkylation sites (N-methyl/N-ethyl adjacent to an activating group) is 1. The Labute approximate surface area is 150 Å². The van der Waals surface area contributed by atoms with Gasteiger partial charge in [-0.15, -0.1) is 11.3 Å². The maximum atomic E-state index is 12.4. The molecule has 2 aromatic rings. The van der Waals surface area contributed by atoms with Crippen molar-refractivity contribution in [3.05, 3.63) is 51.2 Å². The van der Waals surface area contributed by atoms with Gasteiger partial charge in [0.2, 0.25) is 5.91 Å². The monoisotopic (exact) mass is 363 g/mol. The Balaban J connectivity index is 1.67. The van der Waals surface area contributed by atoms with E-state index in [4.69, 9.17) is 21.1 Å². The quantitative estimate of drug-likeness (QED) is 0.746. The molecule has 0 fully saturated rings. The van der Waals surface area contributed by atoms with Gasteiger partial charge in [0, 0.05) is 17.5 Å². The first-order valence-corrected chi connectivity index (χ1v) is 8.96. The molecule has 0 spiro atoms. The first-order chi connectivity index (χ1) is 11.7. The van der Waals surface area contributed by atoms with E-state index in [1.165, 1.54) is 11.3 Å². The van der Waals surface area contributed by atoms with Crippen LogP contribution in [0.4, 0.5) is 0 Å². The molecule has 4 nitrogen and oxygen atoms in total. The van der Waals surface area contributed by atoms with Crippen molar-refractivity contribution in [1.29, 1.82) is 0 Å². The van der Waals surface area contributed by atoms with Crippen LogP contribution in [-0.4, -0.2) is 30.6 Å². The molecule has 0 bridgehead atoms. The van der Waals surface area contributed by atoms with Crippen LogP contribution in [0.15, 0.2) is 36.4 Å². The molecule has 3 rings (SSSR count). The molecule has 24 heavy (non-hydrogen) atoms. The lowest BCUT2D eigenvalue weighted by atomic mass is 10.1. The second kappa shape index (κ2) is 7.73. The minimum atomic E-state index is -0.0306. The lowest BCUT2D eigenvalue weighted by Crippen LogP contribution is -2.28. The molecule has 1 aromatic carbocycles. The van der Waals surface area contributed by atoms with E-state index in [9.17, 15) is 4.79 Å². The van der Waals surface area contributed by atoms with Crippen LogP contribution in [0.3, 0.4) is 0 Å². The van der Waals surface area contributed by atoms with E-state index in [1.54, 1.807) is 17.1 Å². The van der Waals surface area contributed by atoms with Crippen LogP contribution in [-0.2, 0) is 11.3 Å². The molecule has 0 atom stereocenters. The summed E-state index contributed by atoms with van der Waals surface area (Å²) >= 11 is 7.44. The highest BCUT2D eigenvalue weighted by molar-refractivity contribution is 7.16. The van der Waals surface area contributed by atoms with Gasteiger partial charge in [-0.1, -0.05) is 17.7 Å². The molecule has 0 unspecified atom stereocenters. The summed E-state index contributed by atoms with van der Waals surface area (Å²) in [6.07, 6.45) is 3.38. The van der Waals surface area contributed by atoms with Gasteiger partial charge in [-0.25, -0.2) is 0 Å². The van der Waals surface area contributed by atoms with E-state index >= 15 is 0 Å². The van der Waals surface area contributed by atoms with Gasteiger partial charge in [0.1, 0.15) is 13.2 Å². The molecule has 0 saturated carbocycles. The number of thiophene rings is 1. The number of nitrogens with zero attached hydrogens (tertiary/aromatic N) is 1. The van der Waals surface area contributed by atoms with E-state index < -0.39 is 0 Å². The number of fused-ring (bicyclic) bond motifs is 1. The lowest BCUT2D eigenvalue weighted by molar-refractivity contribution is -0.126. The van der Waals surface area contributed by atoms with Crippen molar-refractivity contribution in [2.24, 2.45) is 0 Å². The summed E-state index contributed by atoms with van der Waals surface area (Å²) in [6, 6.07) is 9.46. The first kappa shape index (κ1) is 16.9. The highest BCUT2D eigenvalue weighted by atomic mass is 35.5. The van der Waals surface area contributed by atoms with Gasteiger partial charge in [-0.3, -0.25) is 4.79 Å². The number of benzene rings is 1. The van der Waals surface area contributed by atoms with Crippen LogP contribution in [0.5, 0.6) is 11.5 Å². The van der Waals surface area contributed by atoms with Gasteiger partial charge < -0.3 is 14.4 Å². The summed E-state index contributed by atoms with van der Waals surface area (Å²) in [5.41, 5.74) is 0.905. The number of halogens is 1.